The summed E-state index contributed by atoms with van der Waals surface area (Å²) in [5, 5.41) is 21.5. The Morgan fingerprint density at radius 1 is 1.11 bits per heavy atom. The maximum absolute atomic E-state index is 13.8. The second-order valence-corrected chi connectivity index (χ2v) is 10.6. The van der Waals surface area contributed by atoms with Gasteiger partial charge in [0.2, 0.25) is 0 Å². The van der Waals surface area contributed by atoms with Crippen LogP contribution in [0.4, 0.5) is 5.69 Å². The molecule has 6 rings (SSSR count). The van der Waals surface area contributed by atoms with Gasteiger partial charge >= 0.3 is 0 Å². The molecule has 0 fully saturated rings. The molecule has 0 amide bonds. The van der Waals surface area contributed by atoms with Crippen LogP contribution in [0.2, 0.25) is 0 Å². The van der Waals surface area contributed by atoms with Gasteiger partial charge < -0.3 is 5.11 Å². The topological polar surface area (TPSA) is 97.7 Å². The van der Waals surface area contributed by atoms with Gasteiger partial charge in [-0.25, -0.2) is 4.99 Å². The van der Waals surface area contributed by atoms with E-state index < -0.39 is 4.92 Å². The number of thiazole rings is 1. The second-order valence-electron chi connectivity index (χ2n) is 8.67. The van der Waals surface area contributed by atoms with Crippen LogP contribution in [-0.4, -0.2) is 14.6 Å². The predicted octanol–water partition coefficient (Wildman–Crippen LogP) is 4.70. The van der Waals surface area contributed by atoms with Crippen molar-refractivity contribution in [2.45, 2.75) is 18.9 Å². The first-order chi connectivity index (χ1) is 17.4. The summed E-state index contributed by atoms with van der Waals surface area (Å²) >= 11 is 4.71. The van der Waals surface area contributed by atoms with E-state index in [0.29, 0.717) is 9.33 Å². The Labute approximate surface area is 217 Å². The van der Waals surface area contributed by atoms with Crippen molar-refractivity contribution < 1.29 is 10.0 Å². The van der Waals surface area contributed by atoms with Crippen LogP contribution in [0, 0.1) is 10.1 Å². The Morgan fingerprint density at radius 3 is 2.67 bits per heavy atom. The van der Waals surface area contributed by atoms with E-state index in [1.54, 1.807) is 4.57 Å². The summed E-state index contributed by atoms with van der Waals surface area (Å²) in [7, 11) is 0. The SMILES string of the molecule is O=c1/c(=C\c2cc([N+](=O)[O-])ccc2O)sc2n1[C@@H](c1ccc(Br)cc1)C1=C(N=2)c2ccccc2CC1. The van der Waals surface area contributed by atoms with E-state index in [4.69, 9.17) is 4.99 Å². The van der Waals surface area contributed by atoms with E-state index in [1.807, 2.05) is 36.4 Å². The van der Waals surface area contributed by atoms with Gasteiger partial charge in [0.05, 0.1) is 21.2 Å². The zero-order chi connectivity index (χ0) is 25.0. The summed E-state index contributed by atoms with van der Waals surface area (Å²) in [6.07, 6.45) is 3.15. The van der Waals surface area contributed by atoms with E-state index in [0.717, 1.165) is 39.7 Å². The fourth-order valence-electron chi connectivity index (χ4n) is 4.88. The highest BCUT2D eigenvalue weighted by molar-refractivity contribution is 9.10. The molecule has 3 aromatic carbocycles. The zero-order valence-corrected chi connectivity index (χ0v) is 21.1. The number of halogens is 1. The number of hydrogen-bond acceptors (Lipinski definition) is 6. The van der Waals surface area contributed by atoms with Crippen LogP contribution < -0.4 is 14.9 Å². The van der Waals surface area contributed by atoms with E-state index in [9.17, 15) is 20.0 Å². The maximum Gasteiger partial charge on any atom is 0.271 e. The van der Waals surface area contributed by atoms with Crippen molar-refractivity contribution in [2.24, 2.45) is 4.99 Å². The molecule has 1 N–H and O–H groups in total. The molecule has 0 saturated carbocycles. The van der Waals surface area contributed by atoms with Crippen LogP contribution in [0.3, 0.4) is 0 Å². The van der Waals surface area contributed by atoms with Crippen molar-refractivity contribution in [2.75, 3.05) is 0 Å². The van der Waals surface area contributed by atoms with Gasteiger partial charge in [-0.3, -0.25) is 19.5 Å². The molecule has 2 heterocycles. The number of benzene rings is 3. The van der Waals surface area contributed by atoms with Crippen LogP contribution in [0.1, 0.15) is 34.7 Å². The number of non-ortho nitro benzene ring substituents is 1. The molecule has 1 aliphatic carbocycles. The highest BCUT2D eigenvalue weighted by atomic mass is 79.9. The Balaban J connectivity index is 1.61. The largest absolute Gasteiger partial charge is 0.507 e. The molecule has 0 unspecified atom stereocenters. The number of nitro benzene ring substituents is 1. The van der Waals surface area contributed by atoms with Crippen LogP contribution >= 0.6 is 27.3 Å². The van der Waals surface area contributed by atoms with Gasteiger partial charge in [-0.2, -0.15) is 0 Å². The van der Waals surface area contributed by atoms with E-state index in [1.165, 1.54) is 41.2 Å². The number of phenols is 1. The van der Waals surface area contributed by atoms with Gasteiger partial charge in [-0.15, -0.1) is 0 Å². The van der Waals surface area contributed by atoms with Crippen LogP contribution in [0.15, 0.2) is 86.6 Å². The Morgan fingerprint density at radius 2 is 1.89 bits per heavy atom. The Bertz CT molecular complexity index is 1770. The smallest absolute Gasteiger partial charge is 0.271 e. The maximum atomic E-state index is 13.8. The van der Waals surface area contributed by atoms with E-state index >= 15 is 0 Å². The molecule has 9 heteroatoms. The summed E-state index contributed by atoms with van der Waals surface area (Å²) < 4.78 is 3.00. The minimum Gasteiger partial charge on any atom is -0.507 e. The number of aromatic hydroxyl groups is 1. The average molecular weight is 560 g/mol. The lowest BCUT2D eigenvalue weighted by Gasteiger charge is -2.30. The normalized spacial score (nSPS) is 16.7. The first-order valence-electron chi connectivity index (χ1n) is 11.3. The first kappa shape index (κ1) is 22.6. The van der Waals surface area contributed by atoms with Crippen molar-refractivity contribution in [1.29, 1.82) is 0 Å². The number of aromatic nitrogens is 1. The molecular formula is C27H18BrN3O4S. The molecule has 1 atom stereocenters. The molecule has 1 aromatic heterocycles. The monoisotopic (exact) mass is 559 g/mol. The Hall–Kier alpha value is -3.82. The summed E-state index contributed by atoms with van der Waals surface area (Å²) in [6.45, 7) is 0. The van der Waals surface area contributed by atoms with Gasteiger partial charge in [0, 0.05) is 27.7 Å². The van der Waals surface area contributed by atoms with Gasteiger partial charge in [0.1, 0.15) is 5.75 Å². The van der Waals surface area contributed by atoms with E-state index in [2.05, 4.69) is 28.1 Å². The van der Waals surface area contributed by atoms with Crippen molar-refractivity contribution >= 4 is 44.7 Å². The minimum absolute atomic E-state index is 0.135. The van der Waals surface area contributed by atoms with E-state index in [-0.39, 0.29) is 28.6 Å². The third-order valence-electron chi connectivity index (χ3n) is 6.57. The molecule has 7 nitrogen and oxygen atoms in total. The predicted molar refractivity (Wildman–Crippen MR) is 142 cm³/mol. The quantitative estimate of drug-likeness (QED) is 0.290. The van der Waals surface area contributed by atoms with Crippen LogP contribution in [0.25, 0.3) is 11.8 Å². The summed E-state index contributed by atoms with van der Waals surface area (Å²) in [5.41, 5.74) is 5.08. The third kappa shape index (κ3) is 3.71. The summed E-state index contributed by atoms with van der Waals surface area (Å²) in [6, 6.07) is 19.6. The molecule has 4 aromatic rings. The zero-order valence-electron chi connectivity index (χ0n) is 18.7. The molecule has 1 aliphatic heterocycles. The van der Waals surface area contributed by atoms with Gasteiger partial charge in [0.15, 0.2) is 4.80 Å². The number of hydrogen-bond donors (Lipinski definition) is 1. The number of fused-ring (bicyclic) bond motifs is 3. The number of rotatable bonds is 3. The summed E-state index contributed by atoms with van der Waals surface area (Å²) in [5.74, 6) is -0.135. The second kappa shape index (κ2) is 8.69. The molecule has 2 aliphatic rings. The van der Waals surface area contributed by atoms with Crippen LogP contribution in [0.5, 0.6) is 5.75 Å². The fraction of sp³-hybridized carbons (Fsp3) is 0.111. The Kier molecular flexibility index (Phi) is 5.46. The lowest BCUT2D eigenvalue weighted by atomic mass is 9.83. The van der Waals surface area contributed by atoms with Gasteiger partial charge in [-0.05, 0) is 53.8 Å². The number of allylic oxidation sites excluding steroid dienone is 1. The van der Waals surface area contributed by atoms with Crippen LogP contribution in [-0.2, 0) is 6.42 Å². The number of nitro groups is 1. The number of nitrogens with zero attached hydrogens (tertiary/aromatic N) is 3. The van der Waals surface area contributed by atoms with Gasteiger partial charge in [0.25, 0.3) is 11.2 Å². The number of phenolic OH excluding ortho intramolecular Hbond substituents is 1. The van der Waals surface area contributed by atoms with Crippen molar-refractivity contribution in [3.05, 3.63) is 129 Å². The molecule has 178 valence electrons. The molecular weight excluding hydrogens is 542 g/mol. The standard InChI is InChI=1S/C27H18BrN3O4S/c28-18-8-5-16(6-9-18)25-21-11-7-15-3-1-2-4-20(15)24(21)29-27-30(25)26(33)23(36-27)14-17-13-19(31(34)35)10-12-22(17)32/h1-6,8-10,12-14,25,32H,7,11H2/b23-14+/t25-/m0/s1. The van der Waals surface area contributed by atoms with Gasteiger partial charge in [-0.1, -0.05) is 63.7 Å². The van der Waals surface area contributed by atoms with Crippen molar-refractivity contribution in [3.63, 3.8) is 0 Å². The minimum atomic E-state index is -0.530. The highest BCUT2D eigenvalue weighted by Gasteiger charge is 2.32. The average Bonchev–Trinajstić information content (AvgIpc) is 3.19. The fourth-order valence-corrected chi connectivity index (χ4v) is 6.14. The lowest BCUT2D eigenvalue weighted by molar-refractivity contribution is -0.384. The molecule has 0 radical (unpaired) electrons. The lowest BCUT2D eigenvalue weighted by Crippen LogP contribution is -2.38. The highest BCUT2D eigenvalue weighted by Crippen LogP contribution is 2.41. The van der Waals surface area contributed by atoms with Crippen molar-refractivity contribution in [3.8, 4) is 5.75 Å². The van der Waals surface area contributed by atoms with Crippen molar-refractivity contribution in [1.82, 2.24) is 4.57 Å². The molecule has 36 heavy (non-hydrogen) atoms. The molecule has 0 spiro atoms. The number of aryl methyl sites for hydroxylation is 1. The third-order valence-corrected chi connectivity index (χ3v) is 8.08. The summed E-state index contributed by atoms with van der Waals surface area (Å²) in [4.78, 5) is 30.0. The first-order valence-corrected chi connectivity index (χ1v) is 12.9. The molecule has 0 bridgehead atoms. The molecule has 0 saturated heterocycles.